The molecule has 0 spiro atoms. The van der Waals surface area contributed by atoms with Crippen LogP contribution >= 0.6 is 0 Å². The number of aromatic hydroxyl groups is 1. The Bertz CT molecular complexity index is 2380. The zero-order valence-corrected chi connectivity index (χ0v) is 29.0. The average Bonchev–Trinajstić information content (AvgIpc) is 3.55. The van der Waals surface area contributed by atoms with Gasteiger partial charge in [0.15, 0.2) is 0 Å². The second kappa shape index (κ2) is 13.9. The first-order valence-electron chi connectivity index (χ1n) is 16.1. The molecule has 1 atom stereocenters. The molecule has 0 saturated heterocycles. The molecule has 5 heteroatoms. The van der Waals surface area contributed by atoms with Crippen LogP contribution in [0.3, 0.4) is 0 Å². The maximum atomic E-state index is 10.9. The molecule has 8 rings (SSSR count). The molecule has 0 aliphatic heterocycles. The zero-order chi connectivity index (χ0) is 32.5. The van der Waals surface area contributed by atoms with Gasteiger partial charge in [0.25, 0.3) is 0 Å². The topological polar surface area (TPSA) is 50.9 Å². The zero-order valence-electron chi connectivity index (χ0n) is 26.8. The molecule has 0 saturated carbocycles. The van der Waals surface area contributed by atoms with E-state index >= 15 is 0 Å². The number of nitrogens with zero attached hydrogens (tertiary/aromatic N) is 3. The fourth-order valence-electron chi connectivity index (χ4n) is 6.58. The Morgan fingerprint density at radius 3 is 2.08 bits per heavy atom. The predicted molar refractivity (Wildman–Crippen MR) is 195 cm³/mol. The normalized spacial score (nSPS) is 11.6. The number of para-hydroxylation sites is 3. The van der Waals surface area contributed by atoms with Gasteiger partial charge in [-0.2, -0.15) is 0 Å². The fourth-order valence-corrected chi connectivity index (χ4v) is 6.58. The van der Waals surface area contributed by atoms with E-state index in [0.717, 1.165) is 44.7 Å². The number of phenols is 1. The number of fused-ring (bicyclic) bond motifs is 1. The van der Waals surface area contributed by atoms with Crippen molar-refractivity contribution in [1.29, 1.82) is 0 Å². The van der Waals surface area contributed by atoms with Crippen LogP contribution in [0.1, 0.15) is 24.0 Å². The van der Waals surface area contributed by atoms with Crippen molar-refractivity contribution in [3.8, 4) is 56.3 Å². The number of hydrogen-bond donors (Lipinski definition) is 1. The van der Waals surface area contributed by atoms with Gasteiger partial charge in [-0.05, 0) is 58.7 Å². The van der Waals surface area contributed by atoms with E-state index in [1.165, 1.54) is 16.7 Å². The Kier molecular flexibility index (Phi) is 9.07. The minimum atomic E-state index is 0. The number of imidazole rings is 1. The van der Waals surface area contributed by atoms with E-state index in [9.17, 15) is 5.11 Å². The molecule has 8 aromatic rings. The van der Waals surface area contributed by atoms with Crippen LogP contribution in [0.5, 0.6) is 5.75 Å². The summed E-state index contributed by atoms with van der Waals surface area (Å²) < 4.78 is 2.11. The van der Waals surface area contributed by atoms with Crippen LogP contribution in [-0.2, 0) is 21.1 Å². The standard InChI is InChI=1S/C44H32N3O.Pt/c1-30(31-14-4-2-5-15-31)36-20-8-9-21-37(36)33-26-27-45-40(29-33)34-17-12-16-32(28-34)38-23-13-24-41-43(38)46-44(39-22-10-11-25-42(39)48)47(41)35-18-6-3-7-19-35;/h2-27,29-30,48H,1H3;/q-1;. The molecule has 0 amide bonds. The fraction of sp³-hybridized carbons (Fsp3) is 0.0455. The predicted octanol–water partition coefficient (Wildman–Crippen LogP) is 10.7. The average molecular weight is 814 g/mol. The molecule has 2 aromatic heterocycles. The van der Waals surface area contributed by atoms with E-state index in [0.29, 0.717) is 11.4 Å². The molecule has 6 aromatic carbocycles. The third kappa shape index (κ3) is 6.12. The third-order valence-electron chi connectivity index (χ3n) is 9.00. The Labute approximate surface area is 300 Å². The van der Waals surface area contributed by atoms with E-state index in [2.05, 4.69) is 133 Å². The van der Waals surface area contributed by atoms with Gasteiger partial charge >= 0.3 is 0 Å². The second-order valence-electron chi connectivity index (χ2n) is 11.9. The summed E-state index contributed by atoms with van der Waals surface area (Å²) in [7, 11) is 0. The SMILES string of the molecule is CC(c1ccccc1)c1ccccc1-c1ccnc(-c2[c-]c(-c3cccc4c3nc(-c3ccccc3O)n4-c3ccccc3)ccc2)c1.[Pt]. The number of pyridine rings is 1. The Balaban J connectivity index is 0.00000378. The monoisotopic (exact) mass is 813 g/mol. The van der Waals surface area contributed by atoms with Crippen LogP contribution in [0.2, 0.25) is 0 Å². The van der Waals surface area contributed by atoms with Crippen LogP contribution in [0.15, 0.2) is 164 Å². The van der Waals surface area contributed by atoms with Crippen molar-refractivity contribution in [3.63, 3.8) is 0 Å². The molecule has 1 unspecified atom stereocenters. The Hall–Kier alpha value is -5.57. The molecule has 240 valence electrons. The van der Waals surface area contributed by atoms with Gasteiger partial charge in [-0.25, -0.2) is 4.98 Å². The third-order valence-corrected chi connectivity index (χ3v) is 9.00. The summed E-state index contributed by atoms with van der Waals surface area (Å²) in [6, 6.07) is 57.1. The van der Waals surface area contributed by atoms with Crippen LogP contribution in [0.4, 0.5) is 0 Å². The molecule has 0 aliphatic carbocycles. The second-order valence-corrected chi connectivity index (χ2v) is 11.9. The number of phenolic OH excluding ortho intramolecular Hbond substituents is 1. The van der Waals surface area contributed by atoms with Gasteiger partial charge < -0.3 is 5.11 Å². The first-order chi connectivity index (χ1) is 23.7. The van der Waals surface area contributed by atoms with Gasteiger partial charge in [0.2, 0.25) is 0 Å². The van der Waals surface area contributed by atoms with Crippen molar-refractivity contribution in [3.05, 3.63) is 181 Å². The van der Waals surface area contributed by atoms with Gasteiger partial charge in [-0.15, -0.1) is 29.8 Å². The summed E-state index contributed by atoms with van der Waals surface area (Å²) in [6.07, 6.45) is 1.88. The quantitative estimate of drug-likeness (QED) is 0.163. The van der Waals surface area contributed by atoms with Crippen molar-refractivity contribution >= 4 is 11.0 Å². The number of aromatic nitrogens is 3. The van der Waals surface area contributed by atoms with E-state index in [4.69, 9.17) is 9.97 Å². The summed E-state index contributed by atoms with van der Waals surface area (Å²) in [5.74, 6) is 1.11. The largest absolute Gasteiger partial charge is 0.507 e. The Morgan fingerprint density at radius 1 is 0.633 bits per heavy atom. The summed E-state index contributed by atoms with van der Waals surface area (Å²) in [4.78, 5) is 9.96. The molecule has 0 fully saturated rings. The van der Waals surface area contributed by atoms with E-state index in [1.807, 2.05) is 42.6 Å². The van der Waals surface area contributed by atoms with Gasteiger partial charge in [0.1, 0.15) is 11.6 Å². The Morgan fingerprint density at radius 2 is 1.29 bits per heavy atom. The van der Waals surface area contributed by atoms with Crippen molar-refractivity contribution in [1.82, 2.24) is 14.5 Å². The van der Waals surface area contributed by atoms with Gasteiger partial charge in [-0.3, -0.25) is 9.55 Å². The van der Waals surface area contributed by atoms with Gasteiger partial charge in [0, 0.05) is 44.6 Å². The number of benzene rings is 6. The first-order valence-corrected chi connectivity index (χ1v) is 16.1. The molecule has 0 aliphatic rings. The van der Waals surface area contributed by atoms with E-state index < -0.39 is 0 Å². The summed E-state index contributed by atoms with van der Waals surface area (Å²) in [6.45, 7) is 2.26. The number of rotatable bonds is 7. The molecule has 1 N–H and O–H groups in total. The summed E-state index contributed by atoms with van der Waals surface area (Å²) >= 11 is 0. The van der Waals surface area contributed by atoms with Crippen LogP contribution < -0.4 is 0 Å². The van der Waals surface area contributed by atoms with Crippen LogP contribution in [-0.4, -0.2) is 19.6 Å². The smallest absolute Gasteiger partial charge is 0.148 e. The van der Waals surface area contributed by atoms with Crippen molar-refractivity contribution in [2.45, 2.75) is 12.8 Å². The first kappa shape index (κ1) is 32.0. The molecule has 0 radical (unpaired) electrons. The van der Waals surface area contributed by atoms with Crippen LogP contribution in [0, 0.1) is 6.07 Å². The van der Waals surface area contributed by atoms with E-state index in [1.54, 1.807) is 6.07 Å². The molecule has 2 heterocycles. The van der Waals surface area contributed by atoms with Crippen molar-refractivity contribution in [2.75, 3.05) is 0 Å². The maximum absolute atomic E-state index is 10.9. The summed E-state index contributed by atoms with van der Waals surface area (Å²) in [5, 5.41) is 10.9. The maximum Gasteiger partial charge on any atom is 0.148 e. The number of hydrogen-bond acceptors (Lipinski definition) is 3. The van der Waals surface area contributed by atoms with Gasteiger partial charge in [-0.1, -0.05) is 121 Å². The molecule has 4 nitrogen and oxygen atoms in total. The van der Waals surface area contributed by atoms with Crippen molar-refractivity contribution < 1.29 is 26.2 Å². The molecular formula is C44H32N3OPt-. The molecule has 49 heavy (non-hydrogen) atoms. The minimum absolute atomic E-state index is 0. The molecule has 0 bridgehead atoms. The van der Waals surface area contributed by atoms with Gasteiger partial charge in [0.05, 0.1) is 16.6 Å². The van der Waals surface area contributed by atoms with E-state index in [-0.39, 0.29) is 32.7 Å². The summed E-state index contributed by atoms with van der Waals surface area (Å²) in [5.41, 5.74) is 11.9. The van der Waals surface area contributed by atoms with Crippen LogP contribution in [0.25, 0.3) is 61.6 Å². The van der Waals surface area contributed by atoms with Crippen molar-refractivity contribution in [2.24, 2.45) is 0 Å². The minimum Gasteiger partial charge on any atom is -0.507 e. The molecular weight excluding hydrogens is 782 g/mol.